The molecule has 3 heteroatoms. The van der Waals surface area contributed by atoms with Crippen molar-refractivity contribution < 1.29 is 9.73 Å². The van der Waals surface area contributed by atoms with Crippen LogP contribution in [-0.4, -0.2) is 0 Å². The molecule has 0 atom stereocenters. The van der Waals surface area contributed by atoms with Crippen molar-refractivity contribution in [2.75, 3.05) is 0 Å². The highest BCUT2D eigenvalue weighted by atomic mass is 35.5. The largest absolute Gasteiger partial charge is 0.455 e. The maximum Gasteiger partial charge on any atom is 0.158 e. The Hall–Kier alpha value is -2.03. The molecule has 0 aliphatic heterocycles. The number of benzene rings is 2. The summed E-state index contributed by atoms with van der Waals surface area (Å²) in [5, 5.41) is 2.96. The summed E-state index contributed by atoms with van der Waals surface area (Å²) in [6.07, 6.45) is 0. The summed E-state index contributed by atoms with van der Waals surface area (Å²) in [5.74, 6) is 1.84. The SMILES string of the molecule is Cc1ccc(C[NH2+]Cc2ccc(-c3cccc(Cl)c3)o2)cc1. The zero-order chi connectivity index (χ0) is 15.4. The highest BCUT2D eigenvalue weighted by Crippen LogP contribution is 2.24. The zero-order valence-corrected chi connectivity index (χ0v) is 13.3. The van der Waals surface area contributed by atoms with Crippen LogP contribution in [0.5, 0.6) is 0 Å². The molecular weight excluding hydrogens is 294 g/mol. The molecule has 3 aromatic rings. The molecule has 2 nitrogen and oxygen atoms in total. The van der Waals surface area contributed by atoms with E-state index in [1.807, 2.05) is 36.4 Å². The molecule has 0 aliphatic carbocycles. The minimum absolute atomic E-state index is 0.724. The van der Waals surface area contributed by atoms with E-state index in [0.29, 0.717) is 0 Å². The van der Waals surface area contributed by atoms with E-state index >= 15 is 0 Å². The molecule has 1 aromatic heterocycles. The number of furan rings is 1. The fourth-order valence-corrected chi connectivity index (χ4v) is 2.58. The minimum atomic E-state index is 0.724. The van der Waals surface area contributed by atoms with Gasteiger partial charge in [-0.1, -0.05) is 53.6 Å². The molecule has 0 amide bonds. The van der Waals surface area contributed by atoms with Gasteiger partial charge in [-0.3, -0.25) is 0 Å². The molecule has 0 fully saturated rings. The van der Waals surface area contributed by atoms with Gasteiger partial charge in [0, 0.05) is 16.1 Å². The third-order valence-corrected chi connectivity index (χ3v) is 3.85. The van der Waals surface area contributed by atoms with Crippen LogP contribution in [-0.2, 0) is 13.1 Å². The van der Waals surface area contributed by atoms with Crippen LogP contribution in [0.2, 0.25) is 5.02 Å². The standard InChI is InChI=1S/C19H18ClNO/c1-14-5-7-15(8-6-14)12-21-13-18-9-10-19(22-18)16-3-2-4-17(20)11-16/h2-11,21H,12-13H2,1H3/p+1. The van der Waals surface area contributed by atoms with Crippen molar-refractivity contribution in [2.24, 2.45) is 0 Å². The number of hydrogen-bond donors (Lipinski definition) is 1. The molecule has 2 N–H and O–H groups in total. The van der Waals surface area contributed by atoms with Crippen LogP contribution in [0, 0.1) is 6.92 Å². The number of quaternary nitrogens is 1. The van der Waals surface area contributed by atoms with Gasteiger partial charge in [0.15, 0.2) is 5.76 Å². The van der Waals surface area contributed by atoms with Gasteiger partial charge in [0.25, 0.3) is 0 Å². The maximum absolute atomic E-state index is 6.02. The topological polar surface area (TPSA) is 29.8 Å². The lowest BCUT2D eigenvalue weighted by Gasteiger charge is -2.01. The second-order valence-electron chi connectivity index (χ2n) is 5.46. The van der Waals surface area contributed by atoms with Crippen LogP contribution in [0.3, 0.4) is 0 Å². The third kappa shape index (κ3) is 3.79. The Labute approximate surface area is 135 Å². The van der Waals surface area contributed by atoms with Crippen molar-refractivity contribution in [1.29, 1.82) is 0 Å². The second kappa shape index (κ2) is 6.82. The van der Waals surface area contributed by atoms with E-state index in [-0.39, 0.29) is 0 Å². The summed E-state index contributed by atoms with van der Waals surface area (Å²) >= 11 is 6.02. The van der Waals surface area contributed by atoms with Gasteiger partial charge in [-0.05, 0) is 31.2 Å². The Balaban J connectivity index is 1.59. The van der Waals surface area contributed by atoms with Gasteiger partial charge in [-0.15, -0.1) is 0 Å². The second-order valence-corrected chi connectivity index (χ2v) is 5.90. The quantitative estimate of drug-likeness (QED) is 0.753. The lowest BCUT2D eigenvalue weighted by atomic mass is 10.1. The average molecular weight is 313 g/mol. The molecule has 22 heavy (non-hydrogen) atoms. The van der Waals surface area contributed by atoms with Crippen LogP contribution in [0.15, 0.2) is 65.1 Å². The maximum atomic E-state index is 6.02. The van der Waals surface area contributed by atoms with Crippen molar-refractivity contribution in [1.82, 2.24) is 0 Å². The normalized spacial score (nSPS) is 10.8. The first-order valence-electron chi connectivity index (χ1n) is 7.42. The monoisotopic (exact) mass is 312 g/mol. The first kappa shape index (κ1) is 14.9. The van der Waals surface area contributed by atoms with Gasteiger partial charge in [-0.25, -0.2) is 0 Å². The molecule has 0 aliphatic rings. The van der Waals surface area contributed by atoms with E-state index in [0.717, 1.165) is 35.2 Å². The fraction of sp³-hybridized carbons (Fsp3) is 0.158. The van der Waals surface area contributed by atoms with Gasteiger partial charge in [0.05, 0.1) is 0 Å². The van der Waals surface area contributed by atoms with Crippen LogP contribution in [0.4, 0.5) is 0 Å². The van der Waals surface area contributed by atoms with E-state index in [1.165, 1.54) is 11.1 Å². The third-order valence-electron chi connectivity index (χ3n) is 3.62. The van der Waals surface area contributed by atoms with Crippen molar-refractivity contribution in [2.45, 2.75) is 20.0 Å². The molecule has 3 rings (SSSR count). The smallest absolute Gasteiger partial charge is 0.158 e. The molecule has 0 saturated heterocycles. The fourth-order valence-electron chi connectivity index (χ4n) is 2.39. The number of hydrogen-bond acceptors (Lipinski definition) is 1. The van der Waals surface area contributed by atoms with Gasteiger partial charge >= 0.3 is 0 Å². The van der Waals surface area contributed by atoms with Crippen LogP contribution < -0.4 is 5.32 Å². The Bertz CT molecular complexity index is 746. The van der Waals surface area contributed by atoms with Gasteiger partial charge in [-0.2, -0.15) is 0 Å². The summed E-state index contributed by atoms with van der Waals surface area (Å²) in [4.78, 5) is 0. The van der Waals surface area contributed by atoms with Crippen molar-refractivity contribution in [3.05, 3.63) is 82.6 Å². The molecule has 0 spiro atoms. The van der Waals surface area contributed by atoms with Crippen molar-refractivity contribution >= 4 is 11.6 Å². The van der Waals surface area contributed by atoms with E-state index < -0.39 is 0 Å². The molecule has 0 saturated carbocycles. The minimum Gasteiger partial charge on any atom is -0.455 e. The summed E-state index contributed by atoms with van der Waals surface area (Å²) < 4.78 is 5.89. The van der Waals surface area contributed by atoms with Crippen molar-refractivity contribution in [3.8, 4) is 11.3 Å². The molecule has 0 bridgehead atoms. The zero-order valence-electron chi connectivity index (χ0n) is 12.6. The van der Waals surface area contributed by atoms with Crippen LogP contribution >= 0.6 is 11.6 Å². The number of nitrogens with two attached hydrogens (primary N) is 1. The Kier molecular flexibility index (Phi) is 4.62. The van der Waals surface area contributed by atoms with E-state index in [4.69, 9.17) is 16.0 Å². The van der Waals surface area contributed by atoms with E-state index in [9.17, 15) is 0 Å². The lowest BCUT2D eigenvalue weighted by molar-refractivity contribution is -0.687. The average Bonchev–Trinajstić information content (AvgIpc) is 2.98. The van der Waals surface area contributed by atoms with Gasteiger partial charge in [0.1, 0.15) is 18.8 Å². The predicted octanol–water partition coefficient (Wildman–Crippen LogP) is 4.17. The Morgan fingerprint density at radius 2 is 1.77 bits per heavy atom. The highest BCUT2D eigenvalue weighted by Gasteiger charge is 2.06. The van der Waals surface area contributed by atoms with E-state index in [2.05, 4.69) is 36.5 Å². The predicted molar refractivity (Wildman–Crippen MR) is 89.7 cm³/mol. The van der Waals surface area contributed by atoms with Gasteiger partial charge < -0.3 is 9.73 Å². The first-order chi connectivity index (χ1) is 10.7. The first-order valence-corrected chi connectivity index (χ1v) is 7.80. The summed E-state index contributed by atoms with van der Waals surface area (Å²) in [6, 6.07) is 20.4. The molecule has 2 aromatic carbocycles. The molecule has 0 unspecified atom stereocenters. The van der Waals surface area contributed by atoms with Crippen molar-refractivity contribution in [3.63, 3.8) is 0 Å². The summed E-state index contributed by atoms with van der Waals surface area (Å²) in [5.41, 5.74) is 3.63. The molecule has 112 valence electrons. The lowest BCUT2D eigenvalue weighted by Crippen LogP contribution is -2.80. The molecular formula is C19H19ClNO+. The summed E-state index contributed by atoms with van der Waals surface area (Å²) in [6.45, 7) is 3.88. The highest BCUT2D eigenvalue weighted by molar-refractivity contribution is 6.30. The number of aryl methyl sites for hydroxylation is 1. The number of rotatable bonds is 5. The van der Waals surface area contributed by atoms with Crippen LogP contribution in [0.25, 0.3) is 11.3 Å². The Morgan fingerprint density at radius 1 is 0.955 bits per heavy atom. The number of halogens is 1. The molecule has 1 heterocycles. The van der Waals surface area contributed by atoms with E-state index in [1.54, 1.807) is 0 Å². The Morgan fingerprint density at radius 3 is 2.55 bits per heavy atom. The van der Waals surface area contributed by atoms with Gasteiger partial charge in [0.2, 0.25) is 0 Å². The van der Waals surface area contributed by atoms with Crippen LogP contribution in [0.1, 0.15) is 16.9 Å². The molecule has 0 radical (unpaired) electrons. The summed E-state index contributed by atoms with van der Waals surface area (Å²) in [7, 11) is 0.